The van der Waals surface area contributed by atoms with Crippen LogP contribution in [-0.2, 0) is 11.2 Å². The van der Waals surface area contributed by atoms with Gasteiger partial charge in [0.05, 0.1) is 0 Å². The summed E-state index contributed by atoms with van der Waals surface area (Å²) in [6.45, 7) is 6.43. The Bertz CT molecular complexity index is 1360. The van der Waals surface area contributed by atoms with E-state index in [2.05, 4.69) is 26.1 Å². The summed E-state index contributed by atoms with van der Waals surface area (Å²) >= 11 is 7.65. The molecular formula is C31H28ClNO2S. The normalized spacial score (nSPS) is 11.2. The van der Waals surface area contributed by atoms with Gasteiger partial charge in [0, 0.05) is 38.0 Å². The van der Waals surface area contributed by atoms with Crippen LogP contribution in [0.4, 0.5) is 5.69 Å². The Morgan fingerprint density at radius 1 is 0.778 bits per heavy atom. The van der Waals surface area contributed by atoms with E-state index in [0.717, 1.165) is 21.2 Å². The van der Waals surface area contributed by atoms with E-state index in [-0.39, 0.29) is 17.1 Å². The van der Waals surface area contributed by atoms with E-state index in [0.29, 0.717) is 22.4 Å². The van der Waals surface area contributed by atoms with Crippen molar-refractivity contribution in [3.63, 3.8) is 0 Å². The molecule has 4 aromatic carbocycles. The summed E-state index contributed by atoms with van der Waals surface area (Å²) in [6, 6.07) is 30.1. The zero-order valence-corrected chi connectivity index (χ0v) is 22.1. The molecule has 0 unspecified atom stereocenters. The number of hydrogen-bond acceptors (Lipinski definition) is 3. The summed E-state index contributed by atoms with van der Waals surface area (Å²) < 4.78 is 0. The fourth-order valence-electron chi connectivity index (χ4n) is 3.68. The molecule has 0 aromatic heterocycles. The van der Waals surface area contributed by atoms with Gasteiger partial charge in [0.1, 0.15) is 0 Å². The fraction of sp³-hybridized carbons (Fsp3) is 0.161. The van der Waals surface area contributed by atoms with E-state index >= 15 is 0 Å². The van der Waals surface area contributed by atoms with Gasteiger partial charge in [-0.2, -0.15) is 0 Å². The zero-order valence-electron chi connectivity index (χ0n) is 20.5. The molecule has 5 heteroatoms. The number of thioether (sulfide) groups is 1. The third-order valence-electron chi connectivity index (χ3n) is 5.83. The van der Waals surface area contributed by atoms with Crippen molar-refractivity contribution < 1.29 is 9.59 Å². The minimum absolute atomic E-state index is 0.0273. The van der Waals surface area contributed by atoms with Gasteiger partial charge in [0.15, 0.2) is 5.78 Å². The molecule has 0 aliphatic heterocycles. The van der Waals surface area contributed by atoms with Crippen molar-refractivity contribution in [2.24, 2.45) is 0 Å². The number of carbonyl (C=O) groups excluding carboxylic acids is 2. The lowest BCUT2D eigenvalue weighted by Gasteiger charge is -2.19. The zero-order chi connectivity index (χ0) is 25.7. The van der Waals surface area contributed by atoms with E-state index in [1.54, 1.807) is 36.0 Å². The number of carbonyl (C=O) groups is 2. The van der Waals surface area contributed by atoms with Crippen molar-refractivity contribution in [3.8, 4) is 0 Å². The van der Waals surface area contributed by atoms with E-state index < -0.39 is 0 Å². The lowest BCUT2D eigenvalue weighted by molar-refractivity contribution is 0.102. The van der Waals surface area contributed by atoms with Gasteiger partial charge in [-0.05, 0) is 65.1 Å². The monoisotopic (exact) mass is 513 g/mol. The molecule has 0 aliphatic rings. The van der Waals surface area contributed by atoms with Crippen molar-refractivity contribution in [3.05, 3.63) is 130 Å². The highest BCUT2D eigenvalue weighted by Gasteiger charge is 2.16. The van der Waals surface area contributed by atoms with Gasteiger partial charge < -0.3 is 5.32 Å². The van der Waals surface area contributed by atoms with Gasteiger partial charge in [-0.3, -0.25) is 9.59 Å². The highest BCUT2D eigenvalue weighted by Crippen LogP contribution is 2.25. The third-order valence-corrected chi connectivity index (χ3v) is 7.17. The first-order valence-corrected chi connectivity index (χ1v) is 13.1. The molecule has 0 radical (unpaired) electrons. The molecule has 0 fully saturated rings. The third kappa shape index (κ3) is 6.66. The largest absolute Gasteiger partial charge is 0.322 e. The molecule has 0 spiro atoms. The van der Waals surface area contributed by atoms with Crippen molar-refractivity contribution in [1.29, 1.82) is 0 Å². The highest BCUT2D eigenvalue weighted by molar-refractivity contribution is 7.98. The first-order chi connectivity index (χ1) is 17.2. The summed E-state index contributed by atoms with van der Waals surface area (Å²) in [7, 11) is 0. The van der Waals surface area contributed by atoms with Crippen LogP contribution in [-0.4, -0.2) is 11.7 Å². The Morgan fingerprint density at radius 2 is 1.42 bits per heavy atom. The molecule has 0 bridgehead atoms. The van der Waals surface area contributed by atoms with Gasteiger partial charge in [-0.25, -0.2) is 0 Å². The smallest absolute Gasteiger partial charge is 0.255 e. The average Bonchev–Trinajstić information content (AvgIpc) is 2.88. The minimum Gasteiger partial charge on any atom is -0.322 e. The molecule has 182 valence electrons. The number of ketones is 1. The van der Waals surface area contributed by atoms with Crippen LogP contribution < -0.4 is 5.32 Å². The standard InChI is InChI=1S/C31H28ClNO2S/c1-31(2,3)25-13-11-22(12-14-25)29(34)24-5-4-6-27(19-24)33-30(35)23-9-7-21(8-10-23)20-36-28-17-15-26(32)16-18-28/h4-19H,20H2,1-3H3,(H,33,35). The van der Waals surface area contributed by atoms with Gasteiger partial charge in [-0.15, -0.1) is 11.8 Å². The molecule has 4 rings (SSSR count). The van der Waals surface area contributed by atoms with Gasteiger partial charge in [0.25, 0.3) is 5.91 Å². The van der Waals surface area contributed by atoms with Gasteiger partial charge in [-0.1, -0.05) is 80.9 Å². The van der Waals surface area contributed by atoms with Crippen LogP contribution in [0.3, 0.4) is 0 Å². The SMILES string of the molecule is CC(C)(C)c1ccc(C(=O)c2cccc(NC(=O)c3ccc(CSc4ccc(Cl)cc4)cc3)c2)cc1. The molecule has 4 aromatic rings. The van der Waals surface area contributed by atoms with Crippen molar-refractivity contribution in [2.75, 3.05) is 5.32 Å². The number of nitrogens with one attached hydrogen (secondary N) is 1. The maximum Gasteiger partial charge on any atom is 0.255 e. The Kier molecular flexibility index (Phi) is 7.97. The lowest BCUT2D eigenvalue weighted by Crippen LogP contribution is -2.13. The second-order valence-corrected chi connectivity index (χ2v) is 11.1. The molecule has 3 nitrogen and oxygen atoms in total. The fourth-order valence-corrected chi connectivity index (χ4v) is 4.66. The summed E-state index contributed by atoms with van der Waals surface area (Å²) in [5, 5.41) is 3.63. The predicted octanol–water partition coefficient (Wildman–Crippen LogP) is 8.41. The molecule has 0 saturated carbocycles. The summed E-state index contributed by atoms with van der Waals surface area (Å²) in [5.74, 6) is 0.505. The van der Waals surface area contributed by atoms with E-state index in [1.807, 2.05) is 72.8 Å². The summed E-state index contributed by atoms with van der Waals surface area (Å²) in [5.41, 5.74) is 4.62. The maximum absolute atomic E-state index is 13.0. The van der Waals surface area contributed by atoms with Gasteiger partial charge >= 0.3 is 0 Å². The van der Waals surface area contributed by atoms with Crippen LogP contribution in [0.5, 0.6) is 0 Å². The van der Waals surface area contributed by atoms with E-state index in [1.165, 1.54) is 5.56 Å². The molecule has 1 N–H and O–H groups in total. The Labute approximate surface area is 221 Å². The second kappa shape index (κ2) is 11.2. The van der Waals surface area contributed by atoms with Crippen LogP contribution in [0.1, 0.15) is 58.2 Å². The van der Waals surface area contributed by atoms with Crippen LogP contribution in [0.15, 0.2) is 102 Å². The minimum atomic E-state index is -0.217. The topological polar surface area (TPSA) is 46.2 Å². The number of hydrogen-bond donors (Lipinski definition) is 1. The van der Waals surface area contributed by atoms with Crippen molar-refractivity contribution in [2.45, 2.75) is 36.8 Å². The Balaban J connectivity index is 1.38. The maximum atomic E-state index is 13.0. The molecule has 36 heavy (non-hydrogen) atoms. The highest BCUT2D eigenvalue weighted by atomic mass is 35.5. The number of halogens is 1. The summed E-state index contributed by atoms with van der Waals surface area (Å²) in [4.78, 5) is 27.0. The van der Waals surface area contributed by atoms with Crippen LogP contribution >= 0.6 is 23.4 Å². The number of amides is 1. The van der Waals surface area contributed by atoms with Gasteiger partial charge in [0.2, 0.25) is 0 Å². The quantitative estimate of drug-likeness (QED) is 0.199. The lowest BCUT2D eigenvalue weighted by atomic mass is 9.86. The molecule has 0 saturated heterocycles. The van der Waals surface area contributed by atoms with E-state index in [4.69, 9.17) is 11.6 Å². The molecule has 0 heterocycles. The Morgan fingerprint density at radius 3 is 2.06 bits per heavy atom. The van der Waals surface area contributed by atoms with Crippen LogP contribution in [0, 0.1) is 0 Å². The second-order valence-electron chi connectivity index (χ2n) is 9.63. The number of benzene rings is 4. The first kappa shape index (κ1) is 25.7. The number of rotatable bonds is 7. The number of anilines is 1. The van der Waals surface area contributed by atoms with Crippen molar-refractivity contribution >= 4 is 40.7 Å². The summed E-state index contributed by atoms with van der Waals surface area (Å²) in [6.07, 6.45) is 0. The van der Waals surface area contributed by atoms with Crippen LogP contribution in [0.25, 0.3) is 0 Å². The first-order valence-electron chi connectivity index (χ1n) is 11.7. The average molecular weight is 514 g/mol. The molecule has 0 aliphatic carbocycles. The van der Waals surface area contributed by atoms with Crippen molar-refractivity contribution in [1.82, 2.24) is 0 Å². The predicted molar refractivity (Wildman–Crippen MR) is 150 cm³/mol. The molecule has 0 atom stereocenters. The van der Waals surface area contributed by atoms with Crippen LogP contribution in [0.2, 0.25) is 5.02 Å². The molecule has 1 amide bonds. The van der Waals surface area contributed by atoms with E-state index in [9.17, 15) is 9.59 Å². The molecular weight excluding hydrogens is 486 g/mol. The Hall–Kier alpha value is -3.34.